The Labute approximate surface area is 101 Å². The number of pyridine rings is 2. The lowest BCUT2D eigenvalue weighted by Crippen LogP contribution is -2.31. The molecule has 3 rings (SSSR count). The molecule has 0 aliphatic carbocycles. The normalized spacial score (nSPS) is 20.8. The van der Waals surface area contributed by atoms with E-state index in [0.717, 1.165) is 16.8 Å². The smallest absolute Gasteiger partial charge is 0.214 e. The predicted molar refractivity (Wildman–Crippen MR) is 63.1 cm³/mol. The fourth-order valence-electron chi connectivity index (χ4n) is 2.11. The molecule has 2 aromatic heterocycles. The minimum Gasteiger partial charge on any atom is -0.260 e. The standard InChI is InChI=1S/C14H15N2/c1-10(2)13-7-11-9-16-6-4-3-5-14(16)12(11)8-15-13/h3-8,10H,9H2,1-2H3/q+1/i1D3,10D. The summed E-state index contributed by atoms with van der Waals surface area (Å²) in [7, 11) is 0. The van der Waals surface area contributed by atoms with E-state index in [1.807, 2.05) is 24.4 Å². The number of hydrogen-bond donors (Lipinski definition) is 0. The van der Waals surface area contributed by atoms with Gasteiger partial charge in [-0.05, 0) is 18.0 Å². The van der Waals surface area contributed by atoms with Crippen LogP contribution in [-0.4, -0.2) is 4.98 Å². The van der Waals surface area contributed by atoms with Crippen LogP contribution >= 0.6 is 0 Å². The lowest BCUT2D eigenvalue weighted by Gasteiger charge is -2.04. The van der Waals surface area contributed by atoms with E-state index in [1.54, 1.807) is 12.3 Å². The molecule has 1 unspecified atom stereocenters. The van der Waals surface area contributed by atoms with Gasteiger partial charge in [-0.1, -0.05) is 13.8 Å². The molecule has 1 aliphatic heterocycles. The van der Waals surface area contributed by atoms with Crippen LogP contribution in [0.3, 0.4) is 0 Å². The molecule has 0 amide bonds. The number of hydrogen-bond acceptors (Lipinski definition) is 1. The van der Waals surface area contributed by atoms with Crippen molar-refractivity contribution in [3.63, 3.8) is 0 Å². The molecule has 1 atom stereocenters. The van der Waals surface area contributed by atoms with E-state index in [2.05, 4.69) is 9.55 Å². The van der Waals surface area contributed by atoms with Crippen molar-refractivity contribution in [3.8, 4) is 11.3 Å². The van der Waals surface area contributed by atoms with Crippen LogP contribution < -0.4 is 4.57 Å². The largest absolute Gasteiger partial charge is 0.260 e. The third-order valence-electron chi connectivity index (χ3n) is 2.93. The summed E-state index contributed by atoms with van der Waals surface area (Å²) in [6, 6.07) is 7.69. The first-order chi connectivity index (χ1) is 9.30. The molecule has 0 fully saturated rings. The van der Waals surface area contributed by atoms with Crippen LogP contribution in [0.15, 0.2) is 36.7 Å². The second kappa shape index (κ2) is 3.41. The summed E-state index contributed by atoms with van der Waals surface area (Å²) in [4.78, 5) is 4.23. The molecule has 2 nitrogen and oxygen atoms in total. The van der Waals surface area contributed by atoms with Gasteiger partial charge in [0.15, 0.2) is 12.7 Å². The fraction of sp³-hybridized carbons (Fsp3) is 0.286. The van der Waals surface area contributed by atoms with Gasteiger partial charge in [0.25, 0.3) is 0 Å². The van der Waals surface area contributed by atoms with E-state index < -0.39 is 12.7 Å². The molecule has 0 aromatic carbocycles. The quantitative estimate of drug-likeness (QED) is 0.570. The highest BCUT2D eigenvalue weighted by Crippen LogP contribution is 2.27. The van der Waals surface area contributed by atoms with E-state index in [1.165, 1.54) is 6.92 Å². The highest BCUT2D eigenvalue weighted by atomic mass is 15.0. The zero-order chi connectivity index (χ0) is 14.5. The Hall–Kier alpha value is -1.70. The third-order valence-corrected chi connectivity index (χ3v) is 2.93. The van der Waals surface area contributed by atoms with Crippen LogP contribution in [0.2, 0.25) is 0 Å². The van der Waals surface area contributed by atoms with Crippen molar-refractivity contribution in [3.05, 3.63) is 47.9 Å². The van der Waals surface area contributed by atoms with E-state index in [0.29, 0.717) is 12.2 Å². The Morgan fingerprint density at radius 1 is 1.56 bits per heavy atom. The van der Waals surface area contributed by atoms with Crippen molar-refractivity contribution in [2.45, 2.75) is 26.2 Å². The molecular formula is C14H15N2+. The van der Waals surface area contributed by atoms with E-state index in [4.69, 9.17) is 5.48 Å². The van der Waals surface area contributed by atoms with Gasteiger partial charge in [0.05, 0.1) is 5.56 Å². The predicted octanol–water partition coefficient (Wildman–Crippen LogP) is 2.52. The second-order valence-corrected chi connectivity index (χ2v) is 4.07. The molecule has 0 bridgehead atoms. The van der Waals surface area contributed by atoms with Gasteiger partial charge in [-0.2, -0.15) is 4.57 Å². The first kappa shape index (κ1) is 6.14. The summed E-state index contributed by atoms with van der Waals surface area (Å²) >= 11 is 0. The first-order valence-corrected chi connectivity index (χ1v) is 5.29. The van der Waals surface area contributed by atoms with Gasteiger partial charge in [-0.15, -0.1) is 0 Å². The molecule has 16 heavy (non-hydrogen) atoms. The SMILES string of the molecule is [2H]C([2H])([2H])C([2H])(C)c1cc2c(cn1)-c1cccc[n+]1C2. The number of aromatic nitrogens is 2. The minimum absolute atomic E-state index is 0.296. The lowest BCUT2D eigenvalue weighted by molar-refractivity contribution is -0.672. The van der Waals surface area contributed by atoms with Gasteiger partial charge in [0.1, 0.15) is 0 Å². The van der Waals surface area contributed by atoms with Crippen LogP contribution in [0, 0.1) is 0 Å². The molecule has 0 saturated carbocycles. The van der Waals surface area contributed by atoms with Gasteiger partial charge in [-0.25, -0.2) is 0 Å². The van der Waals surface area contributed by atoms with Crippen molar-refractivity contribution in [1.82, 2.24) is 4.98 Å². The summed E-state index contributed by atoms with van der Waals surface area (Å²) in [6.45, 7) is -0.311. The summed E-state index contributed by atoms with van der Waals surface area (Å²) in [5.74, 6) is -1.69. The zero-order valence-corrected chi connectivity index (χ0v) is 9.07. The molecule has 2 heteroatoms. The van der Waals surface area contributed by atoms with E-state index >= 15 is 0 Å². The molecule has 2 aromatic rings. The van der Waals surface area contributed by atoms with E-state index in [-0.39, 0.29) is 0 Å². The van der Waals surface area contributed by atoms with E-state index in [9.17, 15) is 0 Å². The Bertz CT molecular complexity index is 677. The first-order valence-electron chi connectivity index (χ1n) is 7.29. The number of nitrogens with zero attached hydrogens (tertiary/aromatic N) is 2. The van der Waals surface area contributed by atoms with Crippen molar-refractivity contribution in [2.75, 3.05) is 0 Å². The summed E-state index contributed by atoms with van der Waals surface area (Å²) in [5, 5.41) is 0. The molecule has 3 heterocycles. The molecule has 80 valence electrons. The van der Waals surface area contributed by atoms with Gasteiger partial charge in [0.2, 0.25) is 5.69 Å². The Morgan fingerprint density at radius 2 is 2.50 bits per heavy atom. The van der Waals surface area contributed by atoms with Crippen LogP contribution in [0.4, 0.5) is 0 Å². The highest BCUT2D eigenvalue weighted by molar-refractivity contribution is 5.62. The monoisotopic (exact) mass is 215 g/mol. The van der Waals surface area contributed by atoms with Crippen LogP contribution in [-0.2, 0) is 6.54 Å². The molecule has 0 N–H and O–H groups in total. The molecule has 0 saturated heterocycles. The van der Waals surface area contributed by atoms with Gasteiger partial charge >= 0.3 is 0 Å². The summed E-state index contributed by atoms with van der Waals surface area (Å²) < 4.78 is 32.7. The van der Waals surface area contributed by atoms with Crippen LogP contribution in [0.5, 0.6) is 0 Å². The maximum absolute atomic E-state index is 8.11. The molecule has 0 spiro atoms. The minimum atomic E-state index is -2.40. The fourth-order valence-corrected chi connectivity index (χ4v) is 2.11. The average molecular weight is 215 g/mol. The third kappa shape index (κ3) is 1.33. The van der Waals surface area contributed by atoms with Crippen LogP contribution in [0.1, 0.15) is 36.4 Å². The van der Waals surface area contributed by atoms with Crippen molar-refractivity contribution >= 4 is 0 Å². The number of fused-ring (bicyclic) bond motifs is 3. The zero-order valence-electron chi connectivity index (χ0n) is 13.1. The van der Waals surface area contributed by atoms with Gasteiger partial charge in [0, 0.05) is 35.1 Å². The van der Waals surface area contributed by atoms with Gasteiger partial charge in [-0.3, -0.25) is 4.98 Å². The van der Waals surface area contributed by atoms with Crippen molar-refractivity contribution in [2.24, 2.45) is 0 Å². The molecule has 1 aliphatic rings. The molecule has 0 radical (unpaired) electrons. The van der Waals surface area contributed by atoms with Crippen LogP contribution in [0.25, 0.3) is 11.3 Å². The van der Waals surface area contributed by atoms with Crippen molar-refractivity contribution in [1.29, 1.82) is 0 Å². The topological polar surface area (TPSA) is 16.8 Å². The average Bonchev–Trinajstić information content (AvgIpc) is 2.74. The maximum Gasteiger partial charge on any atom is 0.214 e. The lowest BCUT2D eigenvalue weighted by atomic mass is 10.0. The maximum atomic E-state index is 8.11. The highest BCUT2D eigenvalue weighted by Gasteiger charge is 2.25. The second-order valence-electron chi connectivity index (χ2n) is 4.07. The van der Waals surface area contributed by atoms with Crippen molar-refractivity contribution < 1.29 is 10.1 Å². The Balaban J connectivity index is 2.08. The molecular weight excluding hydrogens is 196 g/mol. The summed E-state index contributed by atoms with van der Waals surface area (Å²) in [6.07, 6.45) is 3.67. The van der Waals surface area contributed by atoms with Gasteiger partial charge < -0.3 is 0 Å². The number of rotatable bonds is 1. The Morgan fingerprint density at radius 3 is 3.38 bits per heavy atom. The summed E-state index contributed by atoms with van der Waals surface area (Å²) in [5.41, 5.74) is 3.39. The Kier molecular flexibility index (Phi) is 1.31.